The van der Waals surface area contributed by atoms with Gasteiger partial charge in [-0.05, 0) is 0 Å². The van der Waals surface area contributed by atoms with Gasteiger partial charge in [-0.15, -0.1) is 0 Å². The number of carbonyl (C=O) groups is 1. The summed E-state index contributed by atoms with van der Waals surface area (Å²) in [7, 11) is 0. The van der Waals surface area contributed by atoms with E-state index in [-0.39, 0.29) is 0 Å². The molecule has 0 aliphatic heterocycles. The maximum absolute atomic E-state index is 12.3. The molecule has 0 unspecified atom stereocenters. The second-order valence-corrected chi connectivity index (χ2v) is 2.51. The Morgan fingerprint density at radius 3 is 2.60 bits per heavy atom. The molecule has 15 heavy (non-hydrogen) atoms. The molecule has 1 aromatic heterocycles. The van der Waals surface area contributed by atoms with Gasteiger partial charge in [0.2, 0.25) is 0 Å². The third kappa shape index (κ3) is 2.03. The number of halogens is 2. The minimum Gasteiger partial charge on any atom is -0.365 e. The number of rotatable bonds is 3. The predicted octanol–water partition coefficient (Wildman–Crippen LogP) is 1.03. The van der Waals surface area contributed by atoms with Crippen LogP contribution < -0.4 is 5.73 Å². The van der Waals surface area contributed by atoms with Crippen molar-refractivity contribution in [3.63, 3.8) is 0 Å². The fourth-order valence-electron chi connectivity index (χ4n) is 1.04. The Balaban J connectivity index is 3.48. The topological polar surface area (TPSA) is 99.1 Å². The first-order valence-electron chi connectivity index (χ1n) is 3.66. The highest BCUT2D eigenvalue weighted by Crippen LogP contribution is 2.26. The lowest BCUT2D eigenvalue weighted by atomic mass is 10.1. The lowest BCUT2D eigenvalue weighted by Gasteiger charge is -2.04. The lowest BCUT2D eigenvalue weighted by Crippen LogP contribution is -2.17. The molecule has 80 valence electrons. The molecule has 8 heteroatoms. The van der Waals surface area contributed by atoms with E-state index in [9.17, 15) is 23.7 Å². The van der Waals surface area contributed by atoms with Crippen molar-refractivity contribution in [1.82, 2.24) is 4.98 Å². The molecular formula is C7H5F2N3O3. The van der Waals surface area contributed by atoms with Crippen molar-refractivity contribution in [2.45, 2.75) is 6.43 Å². The molecule has 6 nitrogen and oxygen atoms in total. The maximum atomic E-state index is 12.3. The fraction of sp³-hybridized carbons (Fsp3) is 0.143. The smallest absolute Gasteiger partial charge is 0.285 e. The molecule has 1 heterocycles. The Kier molecular flexibility index (Phi) is 2.88. The Bertz CT molecular complexity index is 422. The van der Waals surface area contributed by atoms with Crippen LogP contribution in [0.2, 0.25) is 0 Å². The quantitative estimate of drug-likeness (QED) is 0.603. The highest BCUT2D eigenvalue weighted by atomic mass is 19.3. The van der Waals surface area contributed by atoms with Crippen molar-refractivity contribution >= 4 is 11.6 Å². The first-order chi connectivity index (χ1) is 6.95. The van der Waals surface area contributed by atoms with Crippen molar-refractivity contribution in [2.24, 2.45) is 5.73 Å². The van der Waals surface area contributed by atoms with Gasteiger partial charge in [0, 0.05) is 12.3 Å². The Morgan fingerprint density at radius 1 is 1.60 bits per heavy atom. The van der Waals surface area contributed by atoms with E-state index in [2.05, 4.69) is 4.98 Å². The molecule has 1 amide bonds. The standard InChI is InChI=1S/C7H5F2N3O3/c8-6(9)5-4(7(10)13)3(12(14)15)1-2-11-5/h1-2,6H,(H2,10,13). The Morgan fingerprint density at radius 2 is 2.20 bits per heavy atom. The summed E-state index contributed by atoms with van der Waals surface area (Å²) in [6.45, 7) is 0. The lowest BCUT2D eigenvalue weighted by molar-refractivity contribution is -0.385. The van der Waals surface area contributed by atoms with E-state index in [1.54, 1.807) is 0 Å². The summed E-state index contributed by atoms with van der Waals surface area (Å²) in [6.07, 6.45) is -2.26. The Hall–Kier alpha value is -2.12. The van der Waals surface area contributed by atoms with Gasteiger partial charge in [-0.2, -0.15) is 0 Å². The zero-order valence-corrected chi connectivity index (χ0v) is 7.18. The molecule has 0 saturated carbocycles. The zero-order chi connectivity index (χ0) is 11.6. The van der Waals surface area contributed by atoms with Gasteiger partial charge >= 0.3 is 0 Å². The molecule has 0 atom stereocenters. The molecule has 0 aliphatic rings. The molecule has 1 aromatic rings. The number of hydrogen-bond acceptors (Lipinski definition) is 4. The zero-order valence-electron chi connectivity index (χ0n) is 7.18. The summed E-state index contributed by atoms with van der Waals surface area (Å²) in [4.78, 5) is 23.4. The highest BCUT2D eigenvalue weighted by molar-refractivity contribution is 5.98. The van der Waals surface area contributed by atoms with E-state index in [1.807, 2.05) is 0 Å². The first-order valence-corrected chi connectivity index (χ1v) is 3.66. The van der Waals surface area contributed by atoms with Crippen LogP contribution in [0.3, 0.4) is 0 Å². The van der Waals surface area contributed by atoms with Crippen LogP contribution in [0, 0.1) is 10.1 Å². The van der Waals surface area contributed by atoms with Crippen LogP contribution in [0.25, 0.3) is 0 Å². The van der Waals surface area contributed by atoms with E-state index in [4.69, 9.17) is 5.73 Å². The highest BCUT2D eigenvalue weighted by Gasteiger charge is 2.27. The van der Waals surface area contributed by atoms with E-state index in [0.717, 1.165) is 12.3 Å². The average molecular weight is 217 g/mol. The van der Waals surface area contributed by atoms with Gasteiger partial charge in [0.05, 0.1) is 4.92 Å². The van der Waals surface area contributed by atoms with Crippen LogP contribution in [0.4, 0.5) is 14.5 Å². The number of pyridine rings is 1. The molecule has 0 bridgehead atoms. The van der Waals surface area contributed by atoms with Crippen LogP contribution >= 0.6 is 0 Å². The number of primary amides is 1. The minimum absolute atomic E-state index is 0.771. The molecular weight excluding hydrogens is 212 g/mol. The van der Waals surface area contributed by atoms with Crippen LogP contribution in [0.1, 0.15) is 22.5 Å². The van der Waals surface area contributed by atoms with Gasteiger partial charge in [-0.3, -0.25) is 19.9 Å². The normalized spacial score (nSPS) is 10.3. The summed E-state index contributed by atoms with van der Waals surface area (Å²) in [5, 5.41) is 10.4. The second-order valence-electron chi connectivity index (χ2n) is 2.51. The number of alkyl halides is 2. The van der Waals surface area contributed by atoms with Gasteiger partial charge < -0.3 is 5.73 Å². The molecule has 0 fully saturated rings. The number of aromatic nitrogens is 1. The number of hydrogen-bond donors (Lipinski definition) is 1. The Labute approximate surface area is 81.9 Å². The summed E-state index contributed by atoms with van der Waals surface area (Å²) in [5.74, 6) is -1.30. The second kappa shape index (κ2) is 3.95. The van der Waals surface area contributed by atoms with Crippen molar-refractivity contribution in [2.75, 3.05) is 0 Å². The predicted molar refractivity (Wildman–Crippen MR) is 44.4 cm³/mol. The maximum Gasteiger partial charge on any atom is 0.285 e. The molecule has 0 spiro atoms. The molecule has 0 saturated heterocycles. The average Bonchev–Trinajstić information content (AvgIpc) is 2.16. The summed E-state index contributed by atoms with van der Waals surface area (Å²) >= 11 is 0. The van der Waals surface area contributed by atoms with Crippen molar-refractivity contribution in [3.8, 4) is 0 Å². The van der Waals surface area contributed by atoms with Gasteiger partial charge in [-0.1, -0.05) is 0 Å². The monoisotopic (exact) mass is 217 g/mol. The SMILES string of the molecule is NC(=O)c1c([N+](=O)[O-])ccnc1C(F)F. The summed E-state index contributed by atoms with van der Waals surface area (Å²) in [5.41, 5.74) is 2.18. The summed E-state index contributed by atoms with van der Waals surface area (Å²) in [6, 6.07) is 0.839. The number of carbonyl (C=O) groups excluding carboxylic acids is 1. The molecule has 2 N–H and O–H groups in total. The van der Waals surface area contributed by atoms with Crippen LogP contribution in [0.15, 0.2) is 12.3 Å². The molecule has 0 aromatic carbocycles. The van der Waals surface area contributed by atoms with Crippen LogP contribution in [0.5, 0.6) is 0 Å². The van der Waals surface area contributed by atoms with Gasteiger partial charge in [0.1, 0.15) is 11.3 Å². The number of nitrogens with two attached hydrogens (primary N) is 1. The molecule has 0 radical (unpaired) electrons. The summed E-state index contributed by atoms with van der Waals surface area (Å²) < 4.78 is 24.7. The molecule has 1 rings (SSSR count). The first kappa shape index (κ1) is 11.0. The van der Waals surface area contributed by atoms with Gasteiger partial charge in [-0.25, -0.2) is 8.78 Å². The third-order valence-electron chi connectivity index (χ3n) is 1.61. The van der Waals surface area contributed by atoms with Gasteiger partial charge in [0.25, 0.3) is 18.0 Å². The molecule has 0 aliphatic carbocycles. The largest absolute Gasteiger partial charge is 0.365 e. The van der Waals surface area contributed by atoms with Crippen molar-refractivity contribution in [1.29, 1.82) is 0 Å². The van der Waals surface area contributed by atoms with Crippen molar-refractivity contribution in [3.05, 3.63) is 33.6 Å². The van der Waals surface area contributed by atoms with E-state index in [0.29, 0.717) is 0 Å². The number of nitrogens with zero attached hydrogens (tertiary/aromatic N) is 2. The fourth-order valence-corrected chi connectivity index (χ4v) is 1.04. The van der Waals surface area contributed by atoms with Crippen LogP contribution in [-0.2, 0) is 0 Å². The van der Waals surface area contributed by atoms with E-state index in [1.165, 1.54) is 0 Å². The number of nitro groups is 1. The van der Waals surface area contributed by atoms with Crippen molar-refractivity contribution < 1.29 is 18.5 Å². The van der Waals surface area contributed by atoms with E-state index < -0.39 is 34.2 Å². The minimum atomic E-state index is -3.09. The number of amides is 1. The van der Waals surface area contributed by atoms with Gasteiger partial charge in [0.15, 0.2) is 0 Å². The van der Waals surface area contributed by atoms with E-state index >= 15 is 0 Å². The third-order valence-corrected chi connectivity index (χ3v) is 1.61. The van der Waals surface area contributed by atoms with Crippen LogP contribution in [-0.4, -0.2) is 15.8 Å².